The van der Waals surface area contributed by atoms with Gasteiger partial charge in [-0.05, 0) is 66.3 Å². The lowest BCUT2D eigenvalue weighted by Crippen LogP contribution is -2.33. The van der Waals surface area contributed by atoms with E-state index in [1.807, 2.05) is 0 Å². The Morgan fingerprint density at radius 2 is 1.25 bits per heavy atom. The second-order valence-electron chi connectivity index (χ2n) is 8.26. The van der Waals surface area contributed by atoms with Gasteiger partial charge in [-0.2, -0.15) is 0 Å². The van der Waals surface area contributed by atoms with Crippen LogP contribution in [0.1, 0.15) is 56.7 Å². The van der Waals surface area contributed by atoms with Crippen LogP contribution in [0.15, 0.2) is 84.9 Å². The Morgan fingerprint density at radius 3 is 1.78 bits per heavy atom. The van der Waals surface area contributed by atoms with E-state index in [0.29, 0.717) is 12.6 Å². The average Bonchev–Trinajstić information content (AvgIpc) is 2.85. The van der Waals surface area contributed by atoms with Crippen molar-refractivity contribution in [2.75, 3.05) is 20.2 Å². The van der Waals surface area contributed by atoms with Gasteiger partial charge in [0.1, 0.15) is 12.4 Å². The molecule has 3 rings (SSSR count). The second kappa shape index (κ2) is 12.3. The molecule has 0 aromatic heterocycles. The van der Waals surface area contributed by atoms with Gasteiger partial charge in [-0.25, -0.2) is 0 Å². The van der Waals surface area contributed by atoms with Crippen molar-refractivity contribution in [2.45, 2.75) is 46.1 Å². The molecule has 0 fully saturated rings. The Kier molecular flexibility index (Phi) is 9.13. The summed E-state index contributed by atoms with van der Waals surface area (Å²) >= 11 is 0. The van der Waals surface area contributed by atoms with E-state index in [2.05, 4.69) is 118 Å². The molecule has 0 aliphatic heterocycles. The first-order valence-electron chi connectivity index (χ1n) is 11.9. The van der Waals surface area contributed by atoms with E-state index >= 15 is 0 Å². The van der Waals surface area contributed by atoms with E-state index in [9.17, 15) is 0 Å². The Labute approximate surface area is 194 Å². The maximum absolute atomic E-state index is 6.07. The minimum Gasteiger partial charge on any atom is -0.492 e. The fraction of sp³-hybridized carbons (Fsp3) is 0.333. The summed E-state index contributed by atoms with van der Waals surface area (Å²) in [7, 11) is 2.19. The largest absolute Gasteiger partial charge is 0.492 e. The molecular formula is C30H37NO. The molecule has 0 bridgehead atoms. The lowest BCUT2D eigenvalue weighted by atomic mass is 9.88. The van der Waals surface area contributed by atoms with Crippen molar-refractivity contribution in [3.05, 3.63) is 102 Å². The molecule has 0 aliphatic carbocycles. The summed E-state index contributed by atoms with van der Waals surface area (Å²) in [4.78, 5) is 2.40. The molecular weight excluding hydrogens is 390 g/mol. The number of hydrogen-bond donors (Lipinski definition) is 0. The van der Waals surface area contributed by atoms with Gasteiger partial charge in [0.2, 0.25) is 0 Å². The van der Waals surface area contributed by atoms with Crippen LogP contribution in [0.25, 0.3) is 11.1 Å². The number of benzene rings is 3. The Hall–Kier alpha value is -2.84. The van der Waals surface area contributed by atoms with Gasteiger partial charge < -0.3 is 9.64 Å². The van der Waals surface area contributed by atoms with Crippen LogP contribution in [0, 0.1) is 0 Å². The van der Waals surface area contributed by atoms with E-state index in [4.69, 9.17) is 4.74 Å². The van der Waals surface area contributed by atoms with Crippen LogP contribution in [0.5, 0.6) is 5.75 Å². The van der Waals surface area contributed by atoms with Crippen LogP contribution in [-0.4, -0.2) is 31.1 Å². The van der Waals surface area contributed by atoms with Gasteiger partial charge in [0.05, 0.1) is 0 Å². The number of ether oxygens (including phenoxy) is 1. The number of hydrogen-bond acceptors (Lipinski definition) is 2. The molecule has 32 heavy (non-hydrogen) atoms. The third-order valence-corrected chi connectivity index (χ3v) is 6.26. The molecule has 2 heteroatoms. The van der Waals surface area contributed by atoms with Crippen LogP contribution < -0.4 is 4.74 Å². The molecule has 3 aromatic rings. The molecule has 0 aliphatic rings. The molecule has 0 radical (unpaired) electrons. The summed E-state index contributed by atoms with van der Waals surface area (Å²) in [6.07, 6.45) is 3.32. The SMILES string of the molecule is CCC(=C(c1ccccc1)c1ccc(OCCN(C)C(CC)CC)cc1)c1ccccc1. The van der Waals surface area contributed by atoms with Gasteiger partial charge in [0, 0.05) is 12.6 Å². The zero-order valence-electron chi connectivity index (χ0n) is 20.1. The molecule has 0 atom stereocenters. The van der Waals surface area contributed by atoms with Crippen LogP contribution in [0.4, 0.5) is 0 Å². The van der Waals surface area contributed by atoms with Crippen LogP contribution in [-0.2, 0) is 0 Å². The monoisotopic (exact) mass is 427 g/mol. The first kappa shape index (κ1) is 23.8. The molecule has 0 spiro atoms. The van der Waals surface area contributed by atoms with E-state index in [-0.39, 0.29) is 0 Å². The second-order valence-corrected chi connectivity index (χ2v) is 8.26. The van der Waals surface area contributed by atoms with E-state index in [1.165, 1.54) is 40.7 Å². The minimum atomic E-state index is 0.630. The summed E-state index contributed by atoms with van der Waals surface area (Å²) in [5.74, 6) is 0.928. The van der Waals surface area contributed by atoms with Gasteiger partial charge in [-0.1, -0.05) is 93.6 Å². The fourth-order valence-electron chi connectivity index (χ4n) is 4.40. The summed E-state index contributed by atoms with van der Waals surface area (Å²) < 4.78 is 6.07. The molecule has 168 valence electrons. The van der Waals surface area contributed by atoms with Gasteiger partial charge in [-0.15, -0.1) is 0 Å². The molecule has 0 N–H and O–H groups in total. The number of nitrogens with zero attached hydrogens (tertiary/aromatic N) is 1. The zero-order valence-corrected chi connectivity index (χ0v) is 20.1. The Morgan fingerprint density at radius 1 is 0.719 bits per heavy atom. The molecule has 3 aromatic carbocycles. The summed E-state index contributed by atoms with van der Waals surface area (Å²) in [5, 5.41) is 0. The lowest BCUT2D eigenvalue weighted by Gasteiger charge is -2.25. The van der Waals surface area contributed by atoms with Gasteiger partial charge in [0.25, 0.3) is 0 Å². The average molecular weight is 428 g/mol. The summed E-state index contributed by atoms with van der Waals surface area (Å²) in [6.45, 7) is 8.39. The molecule has 0 heterocycles. The Bertz CT molecular complexity index is 957. The standard InChI is InChI=1S/C30H37NO/c1-5-27(6-2)31(4)22-23-32-28-20-18-26(19-21-28)30(25-16-12-9-13-17-25)29(7-3)24-14-10-8-11-15-24/h8-21,27H,5-7,22-23H2,1-4H3. The van der Waals surface area contributed by atoms with Crippen molar-refractivity contribution in [3.63, 3.8) is 0 Å². The van der Waals surface area contributed by atoms with Gasteiger partial charge in [-0.3, -0.25) is 0 Å². The molecule has 0 saturated heterocycles. The number of likely N-dealkylation sites (N-methyl/N-ethyl adjacent to an activating group) is 1. The van der Waals surface area contributed by atoms with E-state index in [0.717, 1.165) is 18.7 Å². The van der Waals surface area contributed by atoms with Crippen molar-refractivity contribution in [1.82, 2.24) is 4.90 Å². The zero-order chi connectivity index (χ0) is 22.8. The third-order valence-electron chi connectivity index (χ3n) is 6.26. The quantitative estimate of drug-likeness (QED) is 0.293. The maximum atomic E-state index is 6.07. The predicted octanol–water partition coefficient (Wildman–Crippen LogP) is 7.55. The van der Waals surface area contributed by atoms with Crippen molar-refractivity contribution in [3.8, 4) is 5.75 Å². The van der Waals surface area contributed by atoms with E-state index in [1.54, 1.807) is 0 Å². The van der Waals surface area contributed by atoms with E-state index < -0.39 is 0 Å². The smallest absolute Gasteiger partial charge is 0.119 e. The number of allylic oxidation sites excluding steroid dienone is 1. The van der Waals surface area contributed by atoms with Gasteiger partial charge in [0.15, 0.2) is 0 Å². The van der Waals surface area contributed by atoms with Crippen molar-refractivity contribution >= 4 is 11.1 Å². The highest BCUT2D eigenvalue weighted by Crippen LogP contribution is 2.34. The van der Waals surface area contributed by atoms with Crippen LogP contribution in [0.2, 0.25) is 0 Å². The highest BCUT2D eigenvalue weighted by molar-refractivity contribution is 5.98. The minimum absolute atomic E-state index is 0.630. The van der Waals surface area contributed by atoms with Crippen molar-refractivity contribution < 1.29 is 4.74 Å². The normalized spacial score (nSPS) is 12.2. The predicted molar refractivity (Wildman–Crippen MR) is 138 cm³/mol. The summed E-state index contributed by atoms with van der Waals surface area (Å²) in [6, 6.07) is 30.6. The third kappa shape index (κ3) is 6.11. The molecule has 0 unspecified atom stereocenters. The number of rotatable bonds is 11. The lowest BCUT2D eigenvalue weighted by molar-refractivity contribution is 0.183. The fourth-order valence-corrected chi connectivity index (χ4v) is 4.40. The van der Waals surface area contributed by atoms with Crippen molar-refractivity contribution in [2.24, 2.45) is 0 Å². The first-order chi connectivity index (χ1) is 15.7. The molecule has 2 nitrogen and oxygen atoms in total. The van der Waals surface area contributed by atoms with Crippen LogP contribution >= 0.6 is 0 Å². The first-order valence-corrected chi connectivity index (χ1v) is 11.9. The Balaban J connectivity index is 1.84. The summed E-state index contributed by atoms with van der Waals surface area (Å²) in [5.41, 5.74) is 6.39. The molecule has 0 saturated carbocycles. The topological polar surface area (TPSA) is 12.5 Å². The maximum Gasteiger partial charge on any atom is 0.119 e. The van der Waals surface area contributed by atoms with Crippen molar-refractivity contribution in [1.29, 1.82) is 0 Å². The highest BCUT2D eigenvalue weighted by Gasteiger charge is 2.13. The highest BCUT2D eigenvalue weighted by atomic mass is 16.5. The van der Waals surface area contributed by atoms with Gasteiger partial charge >= 0.3 is 0 Å². The van der Waals surface area contributed by atoms with Crippen LogP contribution in [0.3, 0.4) is 0 Å². The molecule has 0 amide bonds.